The van der Waals surface area contributed by atoms with E-state index in [1.165, 1.54) is 5.56 Å². The Labute approximate surface area is 256 Å². The summed E-state index contributed by atoms with van der Waals surface area (Å²) in [5.74, 6) is 0.837. The van der Waals surface area contributed by atoms with Gasteiger partial charge in [0.15, 0.2) is 0 Å². The lowest BCUT2D eigenvalue weighted by atomic mass is 10.1. The van der Waals surface area contributed by atoms with Crippen LogP contribution in [-0.4, -0.2) is 58.5 Å². The fraction of sp³-hybridized carbons (Fsp3) is 0.258. The molecule has 2 aromatic carbocycles. The average Bonchev–Trinajstić information content (AvgIpc) is 3.40. The lowest BCUT2D eigenvalue weighted by Crippen LogP contribution is -2.36. The van der Waals surface area contributed by atoms with Crippen molar-refractivity contribution in [2.45, 2.75) is 13.0 Å². The van der Waals surface area contributed by atoms with Crippen molar-refractivity contribution in [2.24, 2.45) is 7.05 Å². The van der Waals surface area contributed by atoms with Gasteiger partial charge in [-0.1, -0.05) is 18.2 Å². The molecule has 41 heavy (non-hydrogen) atoms. The molecule has 0 fully saturated rings. The van der Waals surface area contributed by atoms with Gasteiger partial charge in [0.2, 0.25) is 0 Å². The molecule has 0 aliphatic rings. The van der Waals surface area contributed by atoms with Crippen molar-refractivity contribution < 1.29 is 9.53 Å². The topological polar surface area (TPSA) is 67.7 Å². The molecule has 0 unspecified atom stereocenters. The zero-order chi connectivity index (χ0) is 27.2. The first kappa shape index (κ1) is 32.1. The Bertz CT molecular complexity index is 1640. The molecule has 0 aliphatic carbocycles. The number of amides is 1. The molecule has 7 nitrogen and oxygen atoms in total. The molecule has 0 radical (unpaired) electrons. The van der Waals surface area contributed by atoms with Gasteiger partial charge >= 0.3 is 0 Å². The Balaban J connectivity index is 0.00000231. The number of hydrogen-bond donors (Lipinski definition) is 0. The van der Waals surface area contributed by atoms with Gasteiger partial charge in [-0.15, -0.1) is 36.2 Å². The van der Waals surface area contributed by atoms with E-state index in [-0.39, 0.29) is 36.3 Å². The van der Waals surface area contributed by atoms with Crippen molar-refractivity contribution in [1.82, 2.24) is 19.4 Å². The highest BCUT2D eigenvalue weighted by Gasteiger charge is 2.17. The van der Waals surface area contributed by atoms with Crippen LogP contribution in [0.25, 0.3) is 21.0 Å². The van der Waals surface area contributed by atoms with Crippen LogP contribution in [-0.2, 0) is 13.6 Å². The molecule has 0 aliphatic heterocycles. The van der Waals surface area contributed by atoms with Gasteiger partial charge in [0.05, 0.1) is 17.7 Å². The predicted octanol–water partition coefficient (Wildman–Crippen LogP) is 6.04. The lowest BCUT2D eigenvalue weighted by Gasteiger charge is -2.26. The molecule has 216 valence electrons. The van der Waals surface area contributed by atoms with Gasteiger partial charge in [0, 0.05) is 79.6 Å². The molecular formula is C31H34Cl2N4O3S. The molecule has 5 aromatic rings. The van der Waals surface area contributed by atoms with Crippen LogP contribution in [0.15, 0.2) is 89.3 Å². The molecule has 10 heteroatoms. The van der Waals surface area contributed by atoms with E-state index in [1.807, 2.05) is 84.3 Å². The minimum absolute atomic E-state index is 0. The Morgan fingerprint density at radius 3 is 2.56 bits per heavy atom. The zero-order valence-electron chi connectivity index (χ0n) is 23.1. The Morgan fingerprint density at radius 1 is 0.976 bits per heavy atom. The molecule has 0 N–H and O–H groups in total. The van der Waals surface area contributed by atoms with Gasteiger partial charge in [-0.2, -0.15) is 0 Å². The van der Waals surface area contributed by atoms with E-state index in [0.717, 1.165) is 58.4 Å². The van der Waals surface area contributed by atoms with Crippen LogP contribution in [0.5, 0.6) is 5.75 Å². The first-order valence-electron chi connectivity index (χ1n) is 13.0. The number of likely N-dealkylation sites (N-methyl/N-ethyl adjacent to an activating group) is 1. The van der Waals surface area contributed by atoms with E-state index in [4.69, 9.17) is 4.74 Å². The highest BCUT2D eigenvalue weighted by molar-refractivity contribution is 7.17. The van der Waals surface area contributed by atoms with Crippen LogP contribution in [0.4, 0.5) is 0 Å². The molecule has 0 saturated heterocycles. The van der Waals surface area contributed by atoms with Gasteiger partial charge in [0.1, 0.15) is 5.75 Å². The van der Waals surface area contributed by atoms with Crippen LogP contribution in [0.1, 0.15) is 22.3 Å². The van der Waals surface area contributed by atoms with Crippen LogP contribution < -0.4 is 10.3 Å². The van der Waals surface area contributed by atoms with E-state index in [1.54, 1.807) is 29.0 Å². The minimum atomic E-state index is -0.0264. The van der Waals surface area contributed by atoms with E-state index >= 15 is 0 Å². The number of carbonyl (C=O) groups excluding carboxylic acids is 1. The van der Waals surface area contributed by atoms with Crippen LogP contribution >= 0.6 is 36.2 Å². The Hall–Kier alpha value is -3.43. The molecule has 5 rings (SSSR count). The van der Waals surface area contributed by atoms with Gasteiger partial charge in [0.25, 0.3) is 11.5 Å². The Kier molecular flexibility index (Phi) is 11.7. The Morgan fingerprint density at radius 2 is 1.76 bits per heavy atom. The van der Waals surface area contributed by atoms with E-state index in [9.17, 15) is 9.59 Å². The molecule has 3 heterocycles. The monoisotopic (exact) mass is 612 g/mol. The third-order valence-electron chi connectivity index (χ3n) is 6.95. The normalized spacial score (nSPS) is 10.8. The number of halogens is 2. The molecule has 3 aromatic heterocycles. The van der Waals surface area contributed by atoms with Gasteiger partial charge < -0.3 is 14.2 Å². The highest BCUT2D eigenvalue weighted by Crippen LogP contribution is 2.26. The van der Waals surface area contributed by atoms with Crippen molar-refractivity contribution in [3.8, 4) is 5.75 Å². The number of aromatic nitrogens is 2. The maximum absolute atomic E-state index is 13.2. The van der Waals surface area contributed by atoms with E-state index in [2.05, 4.69) is 16.0 Å². The van der Waals surface area contributed by atoms with E-state index < -0.39 is 0 Å². The predicted molar refractivity (Wildman–Crippen MR) is 172 cm³/mol. The fourth-order valence-electron chi connectivity index (χ4n) is 4.69. The summed E-state index contributed by atoms with van der Waals surface area (Å²) < 4.78 is 8.82. The number of rotatable bonds is 11. The summed E-state index contributed by atoms with van der Waals surface area (Å²) in [5.41, 5.74) is 2.81. The zero-order valence-corrected chi connectivity index (χ0v) is 25.5. The number of fused-ring (bicyclic) bond motifs is 2. The summed E-state index contributed by atoms with van der Waals surface area (Å²) >= 11 is 1.61. The number of benzene rings is 2. The van der Waals surface area contributed by atoms with Crippen molar-refractivity contribution in [3.63, 3.8) is 0 Å². The SMILES string of the molecule is CN(CCN(CCCOc1ccc2c(ccc(=O)n2C)c1)Cc1ccncc1)C(=O)c1csc2ccccc12.Cl.Cl. The molecular weight excluding hydrogens is 579 g/mol. The number of ether oxygens (including phenoxy) is 1. The summed E-state index contributed by atoms with van der Waals surface area (Å²) in [5, 5.41) is 3.95. The highest BCUT2D eigenvalue weighted by atomic mass is 35.5. The lowest BCUT2D eigenvalue weighted by molar-refractivity contribution is 0.0776. The van der Waals surface area contributed by atoms with Gasteiger partial charge in [-0.3, -0.25) is 19.5 Å². The third kappa shape index (κ3) is 7.86. The average molecular weight is 614 g/mol. The number of pyridine rings is 2. The fourth-order valence-corrected chi connectivity index (χ4v) is 5.62. The van der Waals surface area contributed by atoms with Gasteiger partial charge in [-0.25, -0.2) is 0 Å². The van der Waals surface area contributed by atoms with Crippen LogP contribution in [0, 0.1) is 0 Å². The molecule has 0 spiro atoms. The molecule has 1 amide bonds. The minimum Gasteiger partial charge on any atom is -0.494 e. The summed E-state index contributed by atoms with van der Waals surface area (Å²) in [6, 6.07) is 21.3. The summed E-state index contributed by atoms with van der Waals surface area (Å²) in [4.78, 5) is 33.4. The number of aryl methyl sites for hydroxylation is 1. The molecule has 0 saturated carbocycles. The molecule has 0 bridgehead atoms. The largest absolute Gasteiger partial charge is 0.494 e. The summed E-state index contributed by atoms with van der Waals surface area (Å²) in [7, 11) is 3.65. The second-order valence-electron chi connectivity index (χ2n) is 9.66. The van der Waals surface area contributed by atoms with Crippen molar-refractivity contribution >= 4 is 63.0 Å². The second-order valence-corrected chi connectivity index (χ2v) is 10.6. The first-order valence-corrected chi connectivity index (χ1v) is 13.9. The summed E-state index contributed by atoms with van der Waals surface area (Å²) in [6.07, 6.45) is 4.45. The molecule has 0 atom stereocenters. The smallest absolute Gasteiger partial charge is 0.255 e. The number of carbonyl (C=O) groups is 1. The number of hydrogen-bond acceptors (Lipinski definition) is 6. The second kappa shape index (κ2) is 15.0. The van der Waals surface area contributed by atoms with Crippen LogP contribution in [0.3, 0.4) is 0 Å². The van der Waals surface area contributed by atoms with E-state index in [0.29, 0.717) is 13.2 Å². The van der Waals surface area contributed by atoms with Crippen molar-refractivity contribution in [2.75, 3.05) is 33.3 Å². The summed E-state index contributed by atoms with van der Waals surface area (Å²) in [6.45, 7) is 3.54. The maximum Gasteiger partial charge on any atom is 0.255 e. The number of nitrogens with zero attached hydrogens (tertiary/aromatic N) is 4. The van der Waals surface area contributed by atoms with Crippen molar-refractivity contribution in [1.29, 1.82) is 0 Å². The quantitative estimate of drug-likeness (QED) is 0.170. The number of thiophene rings is 1. The van der Waals surface area contributed by atoms with Crippen LogP contribution in [0.2, 0.25) is 0 Å². The maximum atomic E-state index is 13.2. The van der Waals surface area contributed by atoms with Crippen molar-refractivity contribution in [3.05, 3.63) is 106 Å². The third-order valence-corrected chi connectivity index (χ3v) is 7.91. The standard InChI is InChI=1S/C31H32N4O3S.2ClH/c1-33(31(37)27-22-39-29-7-4-3-6-26(27)29)17-18-35(21-23-12-14-32-15-13-23)16-5-19-38-25-9-10-28-24(20-25)8-11-30(36)34(28)2;;/h3-4,6-15,20,22H,5,16-19,21H2,1-2H3;2*1H. The van der Waals surface area contributed by atoms with Gasteiger partial charge in [-0.05, 0) is 54.4 Å². The first-order chi connectivity index (χ1) is 19.0.